The van der Waals surface area contributed by atoms with E-state index in [4.69, 9.17) is 18.9 Å². The first-order chi connectivity index (χ1) is 20.2. The lowest BCUT2D eigenvalue weighted by atomic mass is 9.95. The largest absolute Gasteiger partial charge is 0.507 e. The Balaban J connectivity index is 1.69. The quantitative estimate of drug-likeness (QED) is 0.203. The molecule has 1 amide bonds. The van der Waals surface area contributed by atoms with Crippen LogP contribution in [0.15, 0.2) is 48.0 Å². The average Bonchev–Trinajstić information content (AvgIpc) is 3.24. The summed E-state index contributed by atoms with van der Waals surface area (Å²) in [6, 6.07) is 11.6. The Morgan fingerprint density at radius 3 is 2.31 bits per heavy atom. The van der Waals surface area contributed by atoms with Gasteiger partial charge < -0.3 is 29.0 Å². The van der Waals surface area contributed by atoms with Gasteiger partial charge in [-0.25, -0.2) is 0 Å². The van der Waals surface area contributed by atoms with Crippen molar-refractivity contribution in [2.45, 2.75) is 40.2 Å². The van der Waals surface area contributed by atoms with Crippen molar-refractivity contribution < 1.29 is 33.6 Å². The van der Waals surface area contributed by atoms with E-state index < -0.39 is 17.7 Å². The molecule has 2 saturated heterocycles. The molecule has 2 aromatic carbocycles. The van der Waals surface area contributed by atoms with Crippen LogP contribution in [0, 0.1) is 11.8 Å². The average molecular weight is 581 g/mol. The zero-order valence-electron chi connectivity index (χ0n) is 25.4. The fourth-order valence-corrected chi connectivity index (χ4v) is 5.04. The van der Waals surface area contributed by atoms with Gasteiger partial charge in [-0.3, -0.25) is 14.5 Å². The second-order valence-corrected chi connectivity index (χ2v) is 11.6. The van der Waals surface area contributed by atoms with Gasteiger partial charge in [-0.15, -0.1) is 0 Å². The van der Waals surface area contributed by atoms with Crippen molar-refractivity contribution in [3.63, 3.8) is 0 Å². The SMILES string of the molecule is COc1cc(C2C(=C(O)c3ccc(OCC(C)C)cc3)C(=O)C(=O)N2CCN2CCOCC2)ccc1OCCC(C)C. The number of likely N-dealkylation sites (tertiary alicyclic amines) is 1. The zero-order chi connectivity index (χ0) is 30.2. The number of amides is 1. The number of benzene rings is 2. The molecule has 2 aliphatic heterocycles. The topological polar surface area (TPSA) is 97.8 Å². The highest BCUT2D eigenvalue weighted by Gasteiger charge is 2.46. The number of aliphatic hydroxyl groups excluding tert-OH is 1. The minimum Gasteiger partial charge on any atom is -0.507 e. The van der Waals surface area contributed by atoms with E-state index in [0.717, 1.165) is 19.5 Å². The van der Waals surface area contributed by atoms with Crippen molar-refractivity contribution >= 4 is 17.4 Å². The molecule has 9 heteroatoms. The van der Waals surface area contributed by atoms with Crippen LogP contribution < -0.4 is 14.2 Å². The number of morpholine rings is 1. The summed E-state index contributed by atoms with van der Waals surface area (Å²) in [5, 5.41) is 11.5. The first kappa shape index (κ1) is 31.4. The van der Waals surface area contributed by atoms with Crippen molar-refractivity contribution in [3.8, 4) is 17.2 Å². The third-order valence-corrected chi connectivity index (χ3v) is 7.47. The van der Waals surface area contributed by atoms with E-state index in [9.17, 15) is 14.7 Å². The van der Waals surface area contributed by atoms with Crippen LogP contribution in [-0.2, 0) is 14.3 Å². The molecule has 2 fully saturated rings. The van der Waals surface area contributed by atoms with E-state index in [2.05, 4.69) is 32.6 Å². The van der Waals surface area contributed by atoms with Gasteiger partial charge in [-0.1, -0.05) is 33.8 Å². The summed E-state index contributed by atoms with van der Waals surface area (Å²) in [5.41, 5.74) is 1.14. The number of Topliss-reactive ketones (excluding diaryl/α,β-unsaturated/α-hetero) is 1. The van der Waals surface area contributed by atoms with Gasteiger partial charge in [0, 0.05) is 31.7 Å². The van der Waals surface area contributed by atoms with Crippen molar-refractivity contribution in [3.05, 3.63) is 59.2 Å². The van der Waals surface area contributed by atoms with Gasteiger partial charge in [-0.2, -0.15) is 0 Å². The van der Waals surface area contributed by atoms with Gasteiger partial charge in [-0.05, 0) is 60.2 Å². The molecule has 2 aromatic rings. The molecule has 1 unspecified atom stereocenters. The molecule has 2 heterocycles. The minimum atomic E-state index is -0.790. The Hall–Kier alpha value is -3.56. The van der Waals surface area contributed by atoms with Crippen LogP contribution in [0.1, 0.15) is 51.3 Å². The van der Waals surface area contributed by atoms with Gasteiger partial charge in [0.05, 0.1) is 45.2 Å². The number of ketones is 1. The van der Waals surface area contributed by atoms with E-state index in [1.807, 2.05) is 6.07 Å². The molecule has 0 radical (unpaired) electrons. The molecule has 0 bridgehead atoms. The smallest absolute Gasteiger partial charge is 0.295 e. The Kier molecular flexibility index (Phi) is 10.9. The summed E-state index contributed by atoms with van der Waals surface area (Å²) in [7, 11) is 1.56. The van der Waals surface area contributed by atoms with E-state index in [-0.39, 0.29) is 11.3 Å². The number of ether oxygens (including phenoxy) is 4. The fraction of sp³-hybridized carbons (Fsp3) is 0.515. The number of hydrogen-bond donors (Lipinski definition) is 1. The number of carbonyl (C=O) groups excluding carboxylic acids is 2. The minimum absolute atomic E-state index is 0.0494. The van der Waals surface area contributed by atoms with E-state index in [1.165, 1.54) is 0 Å². The fourth-order valence-electron chi connectivity index (χ4n) is 5.04. The first-order valence-electron chi connectivity index (χ1n) is 14.8. The molecule has 0 aromatic heterocycles. The molecule has 0 spiro atoms. The zero-order valence-corrected chi connectivity index (χ0v) is 25.4. The van der Waals surface area contributed by atoms with Crippen LogP contribution >= 0.6 is 0 Å². The number of methoxy groups -OCH3 is 1. The van der Waals surface area contributed by atoms with E-state index in [0.29, 0.717) is 79.7 Å². The number of nitrogens with zero attached hydrogens (tertiary/aromatic N) is 2. The van der Waals surface area contributed by atoms with Crippen LogP contribution in [0.25, 0.3) is 5.76 Å². The summed E-state index contributed by atoms with van der Waals surface area (Å²) in [5.74, 6) is 1.05. The summed E-state index contributed by atoms with van der Waals surface area (Å²) in [6.07, 6.45) is 0.897. The third-order valence-electron chi connectivity index (χ3n) is 7.47. The van der Waals surface area contributed by atoms with Crippen molar-refractivity contribution in [2.75, 3.05) is 59.7 Å². The van der Waals surface area contributed by atoms with Crippen LogP contribution in [-0.4, -0.2) is 86.3 Å². The maximum Gasteiger partial charge on any atom is 0.295 e. The highest BCUT2D eigenvalue weighted by Crippen LogP contribution is 2.42. The highest BCUT2D eigenvalue weighted by atomic mass is 16.5. The lowest BCUT2D eigenvalue weighted by Gasteiger charge is -2.31. The van der Waals surface area contributed by atoms with Crippen LogP contribution in [0.5, 0.6) is 17.2 Å². The van der Waals surface area contributed by atoms with Crippen LogP contribution in [0.3, 0.4) is 0 Å². The van der Waals surface area contributed by atoms with Crippen LogP contribution in [0.4, 0.5) is 0 Å². The molecule has 2 aliphatic rings. The van der Waals surface area contributed by atoms with Crippen molar-refractivity contribution in [1.29, 1.82) is 0 Å². The normalized spacial score (nSPS) is 19.1. The van der Waals surface area contributed by atoms with Gasteiger partial charge in [0.1, 0.15) is 11.5 Å². The maximum atomic E-state index is 13.5. The Labute approximate surface area is 249 Å². The Morgan fingerprint density at radius 1 is 0.952 bits per heavy atom. The molecule has 42 heavy (non-hydrogen) atoms. The Bertz CT molecular complexity index is 1250. The lowest BCUT2D eigenvalue weighted by molar-refractivity contribution is -0.140. The molecular weight excluding hydrogens is 536 g/mol. The molecule has 228 valence electrons. The predicted molar refractivity (Wildman–Crippen MR) is 161 cm³/mol. The summed E-state index contributed by atoms with van der Waals surface area (Å²) < 4.78 is 22.9. The maximum absolute atomic E-state index is 13.5. The Morgan fingerprint density at radius 2 is 1.67 bits per heavy atom. The summed E-state index contributed by atoms with van der Waals surface area (Å²) in [6.45, 7) is 13.2. The summed E-state index contributed by atoms with van der Waals surface area (Å²) in [4.78, 5) is 30.7. The standard InChI is InChI=1S/C33H44N2O7/c1-22(2)12-17-41-27-11-8-25(20-28(27)39-5)30-29(31(36)24-6-9-26(10-7-24)42-21-23(3)4)32(37)33(38)35(30)14-13-34-15-18-40-19-16-34/h6-11,20,22-23,30,36H,12-19,21H2,1-5H3. The number of hydrogen-bond acceptors (Lipinski definition) is 8. The van der Waals surface area contributed by atoms with Crippen LogP contribution in [0.2, 0.25) is 0 Å². The van der Waals surface area contributed by atoms with E-state index >= 15 is 0 Å². The predicted octanol–water partition coefficient (Wildman–Crippen LogP) is 4.91. The van der Waals surface area contributed by atoms with E-state index in [1.54, 1.807) is 48.4 Å². The molecule has 1 atom stereocenters. The van der Waals surface area contributed by atoms with Gasteiger partial charge in [0.2, 0.25) is 0 Å². The third kappa shape index (κ3) is 7.63. The highest BCUT2D eigenvalue weighted by molar-refractivity contribution is 6.46. The van der Waals surface area contributed by atoms with Crippen molar-refractivity contribution in [2.24, 2.45) is 11.8 Å². The second kappa shape index (κ2) is 14.6. The number of carbonyl (C=O) groups is 2. The first-order valence-corrected chi connectivity index (χ1v) is 14.8. The number of rotatable bonds is 13. The van der Waals surface area contributed by atoms with Gasteiger partial charge in [0.25, 0.3) is 11.7 Å². The molecule has 9 nitrogen and oxygen atoms in total. The number of aliphatic hydroxyl groups is 1. The monoisotopic (exact) mass is 580 g/mol. The second-order valence-electron chi connectivity index (χ2n) is 11.6. The molecular formula is C33H44N2O7. The molecule has 0 aliphatic carbocycles. The molecule has 0 saturated carbocycles. The van der Waals surface area contributed by atoms with Crippen molar-refractivity contribution in [1.82, 2.24) is 9.80 Å². The molecule has 1 N–H and O–H groups in total. The van der Waals surface area contributed by atoms with Gasteiger partial charge >= 0.3 is 0 Å². The molecule has 4 rings (SSSR count). The van der Waals surface area contributed by atoms with Gasteiger partial charge in [0.15, 0.2) is 11.5 Å². The summed E-state index contributed by atoms with van der Waals surface area (Å²) >= 11 is 0. The lowest BCUT2D eigenvalue weighted by Crippen LogP contribution is -2.42.